The third-order valence-electron chi connectivity index (χ3n) is 3.13. The molecular formula is C13H13BrN4O2. The molecule has 0 aliphatic rings. The highest BCUT2D eigenvalue weighted by Crippen LogP contribution is 2.32. The minimum atomic E-state index is -0.454. The van der Waals surface area contributed by atoms with Crippen molar-refractivity contribution in [3.8, 4) is 11.3 Å². The van der Waals surface area contributed by atoms with Crippen molar-refractivity contribution in [2.75, 3.05) is 6.54 Å². The number of hydrogen-bond acceptors (Lipinski definition) is 4. The largest absolute Gasteiger partial charge is 0.417 e. The number of aromatic nitrogens is 3. The molecule has 104 valence electrons. The lowest BCUT2D eigenvalue weighted by molar-refractivity contribution is 0.555. The van der Waals surface area contributed by atoms with Gasteiger partial charge in [0.15, 0.2) is 5.58 Å². The van der Waals surface area contributed by atoms with Crippen LogP contribution in [-0.4, -0.2) is 21.3 Å². The highest BCUT2D eigenvalue weighted by Gasteiger charge is 2.16. The summed E-state index contributed by atoms with van der Waals surface area (Å²) in [4.78, 5) is 13.8. The van der Waals surface area contributed by atoms with E-state index < -0.39 is 5.76 Å². The molecule has 0 atom stereocenters. The van der Waals surface area contributed by atoms with E-state index in [1.165, 1.54) is 0 Å². The third-order valence-corrected chi connectivity index (χ3v) is 3.96. The average Bonchev–Trinajstić information content (AvgIpc) is 2.89. The van der Waals surface area contributed by atoms with Gasteiger partial charge in [-0.05, 0) is 34.6 Å². The summed E-state index contributed by atoms with van der Waals surface area (Å²) < 4.78 is 7.80. The van der Waals surface area contributed by atoms with Crippen molar-refractivity contribution in [3.05, 3.63) is 38.9 Å². The molecule has 6 nitrogen and oxygen atoms in total. The van der Waals surface area contributed by atoms with E-state index in [0.717, 1.165) is 21.4 Å². The van der Waals surface area contributed by atoms with Gasteiger partial charge in [-0.3, -0.25) is 9.67 Å². The summed E-state index contributed by atoms with van der Waals surface area (Å²) in [5.74, 6) is -0.454. The molecule has 3 N–H and O–H groups in total. The second-order valence-corrected chi connectivity index (χ2v) is 5.29. The van der Waals surface area contributed by atoms with Crippen molar-refractivity contribution in [3.63, 3.8) is 0 Å². The van der Waals surface area contributed by atoms with Crippen LogP contribution in [0.5, 0.6) is 0 Å². The molecule has 20 heavy (non-hydrogen) atoms. The Morgan fingerprint density at radius 2 is 2.30 bits per heavy atom. The van der Waals surface area contributed by atoms with Gasteiger partial charge in [-0.25, -0.2) is 4.79 Å². The van der Waals surface area contributed by atoms with Gasteiger partial charge in [-0.1, -0.05) is 6.07 Å². The van der Waals surface area contributed by atoms with E-state index in [-0.39, 0.29) is 0 Å². The van der Waals surface area contributed by atoms with Crippen LogP contribution in [0.15, 0.2) is 31.9 Å². The highest BCUT2D eigenvalue weighted by atomic mass is 79.9. The molecular weight excluding hydrogens is 324 g/mol. The fraction of sp³-hybridized carbons (Fsp3) is 0.231. The van der Waals surface area contributed by atoms with E-state index in [1.54, 1.807) is 4.68 Å². The van der Waals surface area contributed by atoms with Gasteiger partial charge in [-0.15, -0.1) is 0 Å². The quantitative estimate of drug-likeness (QED) is 0.762. The van der Waals surface area contributed by atoms with Crippen molar-refractivity contribution in [2.45, 2.75) is 6.42 Å². The molecule has 0 saturated heterocycles. The van der Waals surface area contributed by atoms with Crippen LogP contribution >= 0.6 is 15.9 Å². The van der Waals surface area contributed by atoms with Crippen LogP contribution in [0.3, 0.4) is 0 Å². The zero-order valence-electron chi connectivity index (χ0n) is 10.8. The number of nitrogens with two attached hydrogens (primary N) is 1. The van der Waals surface area contributed by atoms with Gasteiger partial charge in [0, 0.05) is 19.0 Å². The zero-order valence-corrected chi connectivity index (χ0v) is 12.4. The van der Waals surface area contributed by atoms with Gasteiger partial charge in [0.05, 0.1) is 21.4 Å². The first-order valence-corrected chi connectivity index (χ1v) is 6.94. The van der Waals surface area contributed by atoms with Crippen molar-refractivity contribution >= 4 is 27.0 Å². The summed E-state index contributed by atoms with van der Waals surface area (Å²) in [5.41, 5.74) is 9.56. The first kappa shape index (κ1) is 13.1. The predicted octanol–water partition coefficient (Wildman–Crippen LogP) is 1.79. The molecule has 7 heteroatoms. The monoisotopic (exact) mass is 336 g/mol. The number of hydrogen-bond donors (Lipinski definition) is 2. The maximum Gasteiger partial charge on any atom is 0.417 e. The lowest BCUT2D eigenvalue weighted by Gasteiger charge is -2.02. The lowest BCUT2D eigenvalue weighted by atomic mass is 10.1. The molecule has 3 aromatic rings. The Balaban J connectivity index is 2.17. The van der Waals surface area contributed by atoms with Gasteiger partial charge in [-0.2, -0.15) is 5.10 Å². The summed E-state index contributed by atoms with van der Waals surface area (Å²) in [7, 11) is 1.87. The molecule has 0 radical (unpaired) electrons. The van der Waals surface area contributed by atoms with Crippen LogP contribution in [0.4, 0.5) is 0 Å². The molecule has 0 bridgehead atoms. The molecule has 1 aromatic carbocycles. The maximum absolute atomic E-state index is 11.2. The summed E-state index contributed by atoms with van der Waals surface area (Å²) in [6, 6.07) is 5.56. The van der Waals surface area contributed by atoms with Crippen molar-refractivity contribution in [2.24, 2.45) is 12.8 Å². The average molecular weight is 337 g/mol. The number of H-pyrrole nitrogens is 1. The van der Waals surface area contributed by atoms with Crippen molar-refractivity contribution < 1.29 is 4.42 Å². The van der Waals surface area contributed by atoms with Crippen LogP contribution in [0, 0.1) is 0 Å². The summed E-state index contributed by atoms with van der Waals surface area (Å²) in [6.07, 6.45) is 0.704. The number of oxazole rings is 1. The first-order valence-electron chi connectivity index (χ1n) is 6.15. The number of fused-ring (bicyclic) bond motifs is 1. The van der Waals surface area contributed by atoms with E-state index in [9.17, 15) is 4.79 Å². The van der Waals surface area contributed by atoms with Crippen LogP contribution < -0.4 is 11.5 Å². The minimum Gasteiger partial charge on any atom is -0.408 e. The fourth-order valence-electron chi connectivity index (χ4n) is 2.26. The van der Waals surface area contributed by atoms with Gasteiger partial charge < -0.3 is 10.2 Å². The van der Waals surface area contributed by atoms with E-state index in [2.05, 4.69) is 26.0 Å². The zero-order chi connectivity index (χ0) is 14.3. The molecule has 0 fully saturated rings. The number of halogens is 1. The lowest BCUT2D eigenvalue weighted by Crippen LogP contribution is -2.04. The molecule has 0 aliphatic carbocycles. The molecule has 3 rings (SSSR count). The molecule has 2 aromatic heterocycles. The Kier molecular flexibility index (Phi) is 3.23. The van der Waals surface area contributed by atoms with Crippen molar-refractivity contribution in [1.82, 2.24) is 14.8 Å². The molecule has 0 unspecified atom stereocenters. The topological polar surface area (TPSA) is 89.8 Å². The van der Waals surface area contributed by atoms with E-state index in [4.69, 9.17) is 10.2 Å². The maximum atomic E-state index is 11.2. The normalized spacial score (nSPS) is 11.3. The third kappa shape index (κ3) is 2.08. The van der Waals surface area contributed by atoms with Crippen LogP contribution in [0.25, 0.3) is 22.4 Å². The van der Waals surface area contributed by atoms with E-state index >= 15 is 0 Å². The van der Waals surface area contributed by atoms with Gasteiger partial charge in [0.1, 0.15) is 0 Å². The Labute approximate surface area is 122 Å². The number of aromatic amines is 1. The van der Waals surface area contributed by atoms with Crippen LogP contribution in [-0.2, 0) is 13.5 Å². The Morgan fingerprint density at radius 1 is 1.50 bits per heavy atom. The van der Waals surface area contributed by atoms with Crippen LogP contribution in [0.2, 0.25) is 0 Å². The number of nitrogens with one attached hydrogen (secondary N) is 1. The minimum absolute atomic E-state index is 0.454. The van der Waals surface area contributed by atoms with Gasteiger partial charge >= 0.3 is 5.76 Å². The Morgan fingerprint density at radius 3 is 3.05 bits per heavy atom. The standard InChI is InChI=1S/C13H13BrN4O2/c1-18-12(11(14)9(17-18)4-5-15)7-2-3-8-10(6-7)20-13(19)16-8/h2-3,6H,4-5,15H2,1H3,(H,16,19). The number of rotatable bonds is 3. The summed E-state index contributed by atoms with van der Waals surface area (Å²) in [5, 5.41) is 4.45. The molecule has 0 amide bonds. The van der Waals surface area contributed by atoms with E-state index in [1.807, 2.05) is 25.2 Å². The Bertz CT molecular complexity index is 831. The second kappa shape index (κ2) is 4.92. The molecule has 0 saturated carbocycles. The first-order chi connectivity index (χ1) is 9.60. The summed E-state index contributed by atoms with van der Waals surface area (Å²) >= 11 is 3.57. The van der Waals surface area contributed by atoms with Crippen LogP contribution in [0.1, 0.15) is 5.69 Å². The van der Waals surface area contributed by atoms with E-state index in [0.29, 0.717) is 24.1 Å². The number of nitrogens with zero attached hydrogens (tertiary/aromatic N) is 2. The van der Waals surface area contributed by atoms with Gasteiger partial charge in [0.2, 0.25) is 0 Å². The SMILES string of the molecule is Cn1nc(CCN)c(Br)c1-c1ccc2[nH]c(=O)oc2c1. The molecule has 2 heterocycles. The number of aryl methyl sites for hydroxylation is 1. The van der Waals surface area contributed by atoms with Gasteiger partial charge in [0.25, 0.3) is 0 Å². The highest BCUT2D eigenvalue weighted by molar-refractivity contribution is 9.10. The van der Waals surface area contributed by atoms with Crippen molar-refractivity contribution in [1.29, 1.82) is 0 Å². The predicted molar refractivity (Wildman–Crippen MR) is 79.5 cm³/mol. The fourth-order valence-corrected chi connectivity index (χ4v) is 3.02. The summed E-state index contributed by atoms with van der Waals surface area (Å²) in [6.45, 7) is 0.542. The molecule has 0 aliphatic heterocycles. The number of benzene rings is 1. The molecule has 0 spiro atoms. The second-order valence-electron chi connectivity index (χ2n) is 4.50. The Hall–Kier alpha value is -1.86. The smallest absolute Gasteiger partial charge is 0.408 e.